The van der Waals surface area contributed by atoms with E-state index in [1.54, 1.807) is 0 Å². The first kappa shape index (κ1) is 14.9. The molecule has 0 atom stereocenters. The van der Waals surface area contributed by atoms with Gasteiger partial charge in [0.1, 0.15) is 0 Å². The topological polar surface area (TPSA) is 21.7 Å². The van der Waals surface area contributed by atoms with Crippen molar-refractivity contribution in [3.05, 3.63) is 0 Å². The van der Waals surface area contributed by atoms with Crippen LogP contribution in [0, 0.1) is 5.41 Å². The molecule has 0 N–H and O–H groups in total. The maximum absolute atomic E-state index is 5.67. The summed E-state index contributed by atoms with van der Waals surface area (Å²) < 4.78 is 11.0. The molecular formula is C14H29NO2. The van der Waals surface area contributed by atoms with Gasteiger partial charge < -0.3 is 9.47 Å². The molecular weight excluding hydrogens is 214 g/mol. The van der Waals surface area contributed by atoms with Crippen LogP contribution in [0.4, 0.5) is 0 Å². The summed E-state index contributed by atoms with van der Waals surface area (Å²) in [4.78, 5) is 2.42. The van der Waals surface area contributed by atoms with Crippen LogP contribution >= 0.6 is 0 Å². The quantitative estimate of drug-likeness (QED) is 0.641. The zero-order valence-corrected chi connectivity index (χ0v) is 11.8. The van der Waals surface area contributed by atoms with Gasteiger partial charge in [0.25, 0.3) is 0 Å². The lowest BCUT2D eigenvalue weighted by Crippen LogP contribution is -2.38. The van der Waals surface area contributed by atoms with E-state index in [4.69, 9.17) is 9.47 Å². The zero-order chi connectivity index (χ0) is 12.6. The van der Waals surface area contributed by atoms with Crippen LogP contribution in [0.25, 0.3) is 0 Å². The van der Waals surface area contributed by atoms with Crippen molar-refractivity contribution in [3.8, 4) is 0 Å². The van der Waals surface area contributed by atoms with Crippen LogP contribution in [0.2, 0.25) is 0 Å². The number of morpholine rings is 1. The van der Waals surface area contributed by atoms with E-state index in [1.807, 2.05) is 0 Å². The molecule has 1 rings (SSSR count). The summed E-state index contributed by atoms with van der Waals surface area (Å²) in [6.45, 7) is 13.6. The van der Waals surface area contributed by atoms with Crippen molar-refractivity contribution >= 4 is 0 Å². The number of unbranched alkanes of at least 4 members (excludes halogenated alkanes) is 1. The van der Waals surface area contributed by atoms with Gasteiger partial charge in [0.15, 0.2) is 0 Å². The Hall–Kier alpha value is -0.120. The Kier molecular flexibility index (Phi) is 7.09. The third kappa shape index (κ3) is 8.58. The first-order chi connectivity index (χ1) is 8.08. The average Bonchev–Trinajstić information content (AvgIpc) is 2.28. The number of hydrogen-bond acceptors (Lipinski definition) is 3. The van der Waals surface area contributed by atoms with Crippen LogP contribution in [-0.4, -0.2) is 51.0 Å². The van der Waals surface area contributed by atoms with E-state index in [0.29, 0.717) is 5.41 Å². The van der Waals surface area contributed by atoms with Crippen molar-refractivity contribution < 1.29 is 9.47 Å². The molecule has 1 saturated heterocycles. The highest BCUT2D eigenvalue weighted by Gasteiger charge is 2.10. The van der Waals surface area contributed by atoms with E-state index in [1.165, 1.54) is 19.3 Å². The van der Waals surface area contributed by atoms with Crippen molar-refractivity contribution in [2.75, 3.05) is 46.1 Å². The summed E-state index contributed by atoms with van der Waals surface area (Å²) in [7, 11) is 0. The number of hydrogen-bond donors (Lipinski definition) is 0. The van der Waals surface area contributed by atoms with Gasteiger partial charge in [-0.05, 0) is 18.3 Å². The molecule has 3 nitrogen and oxygen atoms in total. The molecule has 0 aromatic rings. The largest absolute Gasteiger partial charge is 0.380 e. The van der Waals surface area contributed by atoms with Crippen LogP contribution in [-0.2, 0) is 9.47 Å². The second-order valence-corrected chi connectivity index (χ2v) is 6.08. The fraction of sp³-hybridized carbons (Fsp3) is 1.00. The van der Waals surface area contributed by atoms with Gasteiger partial charge in [0.2, 0.25) is 0 Å². The Morgan fingerprint density at radius 1 is 1.06 bits per heavy atom. The predicted molar refractivity (Wildman–Crippen MR) is 71.4 cm³/mol. The fourth-order valence-electron chi connectivity index (χ4n) is 1.98. The molecule has 0 aromatic carbocycles. The Balaban J connectivity index is 1.84. The number of ether oxygens (including phenoxy) is 2. The first-order valence-corrected chi connectivity index (χ1v) is 6.96. The summed E-state index contributed by atoms with van der Waals surface area (Å²) in [5.41, 5.74) is 0.466. The second kappa shape index (κ2) is 8.06. The third-order valence-electron chi connectivity index (χ3n) is 3.12. The van der Waals surface area contributed by atoms with Gasteiger partial charge in [0, 0.05) is 26.2 Å². The zero-order valence-electron chi connectivity index (χ0n) is 11.8. The Morgan fingerprint density at radius 2 is 1.76 bits per heavy atom. The molecule has 0 unspecified atom stereocenters. The molecule has 0 radical (unpaired) electrons. The maximum Gasteiger partial charge on any atom is 0.0594 e. The molecule has 1 heterocycles. The van der Waals surface area contributed by atoms with E-state index in [2.05, 4.69) is 25.7 Å². The molecule has 0 saturated carbocycles. The highest BCUT2D eigenvalue weighted by Crippen LogP contribution is 2.21. The molecule has 0 bridgehead atoms. The minimum atomic E-state index is 0.466. The maximum atomic E-state index is 5.67. The van der Waals surface area contributed by atoms with Gasteiger partial charge in [-0.3, -0.25) is 4.90 Å². The van der Waals surface area contributed by atoms with Gasteiger partial charge >= 0.3 is 0 Å². The number of rotatable bonds is 7. The van der Waals surface area contributed by atoms with E-state index < -0.39 is 0 Å². The molecule has 0 aromatic heterocycles. The fourth-order valence-corrected chi connectivity index (χ4v) is 1.98. The molecule has 1 aliphatic heterocycles. The second-order valence-electron chi connectivity index (χ2n) is 6.08. The molecule has 1 fully saturated rings. The van der Waals surface area contributed by atoms with Crippen molar-refractivity contribution in [1.82, 2.24) is 4.90 Å². The lowest BCUT2D eigenvalue weighted by Gasteiger charge is -2.26. The third-order valence-corrected chi connectivity index (χ3v) is 3.12. The monoisotopic (exact) mass is 243 g/mol. The van der Waals surface area contributed by atoms with Crippen LogP contribution in [0.3, 0.4) is 0 Å². The highest BCUT2D eigenvalue weighted by atomic mass is 16.5. The van der Waals surface area contributed by atoms with Crippen LogP contribution in [0.5, 0.6) is 0 Å². The summed E-state index contributed by atoms with van der Waals surface area (Å²) in [6, 6.07) is 0. The van der Waals surface area contributed by atoms with Crippen molar-refractivity contribution in [2.24, 2.45) is 5.41 Å². The van der Waals surface area contributed by atoms with Crippen LogP contribution in [0.15, 0.2) is 0 Å². The normalized spacial score (nSPS) is 18.5. The minimum Gasteiger partial charge on any atom is -0.380 e. The van der Waals surface area contributed by atoms with Crippen LogP contribution < -0.4 is 0 Å². The van der Waals surface area contributed by atoms with E-state index >= 15 is 0 Å². The van der Waals surface area contributed by atoms with E-state index in [9.17, 15) is 0 Å². The smallest absolute Gasteiger partial charge is 0.0594 e. The highest BCUT2D eigenvalue weighted by molar-refractivity contribution is 4.62. The standard InChI is InChI=1S/C14H29NO2/c1-14(2,3)6-4-5-10-16-11-7-15-8-12-17-13-9-15/h4-13H2,1-3H3. The molecule has 0 amide bonds. The van der Waals surface area contributed by atoms with E-state index in [0.717, 1.165) is 46.1 Å². The molecule has 0 aliphatic carbocycles. The molecule has 17 heavy (non-hydrogen) atoms. The summed E-state index contributed by atoms with van der Waals surface area (Å²) >= 11 is 0. The van der Waals surface area contributed by atoms with Gasteiger partial charge in [-0.15, -0.1) is 0 Å². The lowest BCUT2D eigenvalue weighted by atomic mass is 9.90. The van der Waals surface area contributed by atoms with Gasteiger partial charge in [0.05, 0.1) is 19.8 Å². The summed E-state index contributed by atoms with van der Waals surface area (Å²) in [5, 5.41) is 0. The first-order valence-electron chi connectivity index (χ1n) is 6.96. The molecule has 3 heteroatoms. The van der Waals surface area contributed by atoms with Gasteiger partial charge in [-0.1, -0.05) is 27.2 Å². The van der Waals surface area contributed by atoms with Crippen molar-refractivity contribution in [1.29, 1.82) is 0 Å². The molecule has 0 spiro atoms. The van der Waals surface area contributed by atoms with Crippen LogP contribution in [0.1, 0.15) is 40.0 Å². The molecule has 1 aliphatic rings. The van der Waals surface area contributed by atoms with Crippen molar-refractivity contribution in [2.45, 2.75) is 40.0 Å². The Bertz CT molecular complexity index is 183. The van der Waals surface area contributed by atoms with Gasteiger partial charge in [-0.25, -0.2) is 0 Å². The van der Waals surface area contributed by atoms with Crippen molar-refractivity contribution in [3.63, 3.8) is 0 Å². The van der Waals surface area contributed by atoms with E-state index in [-0.39, 0.29) is 0 Å². The Labute approximate surface area is 106 Å². The Morgan fingerprint density at radius 3 is 2.41 bits per heavy atom. The predicted octanol–water partition coefficient (Wildman–Crippen LogP) is 2.55. The van der Waals surface area contributed by atoms with Gasteiger partial charge in [-0.2, -0.15) is 0 Å². The lowest BCUT2D eigenvalue weighted by molar-refractivity contribution is 0.0199. The SMILES string of the molecule is CC(C)(C)CCCCOCCN1CCOCC1. The average molecular weight is 243 g/mol. The minimum absolute atomic E-state index is 0.466. The summed E-state index contributed by atoms with van der Waals surface area (Å²) in [5.74, 6) is 0. The number of nitrogens with zero attached hydrogens (tertiary/aromatic N) is 1. The molecule has 102 valence electrons. The summed E-state index contributed by atoms with van der Waals surface area (Å²) in [6.07, 6.45) is 3.77.